The fraction of sp³-hybridized carbons (Fsp3) is 0.0476. The summed E-state index contributed by atoms with van der Waals surface area (Å²) in [6.45, 7) is -0.540. The number of carbonyl (C=O) groups excluding carboxylic acids is 1. The van der Waals surface area contributed by atoms with Crippen LogP contribution < -0.4 is 9.73 Å². The lowest BCUT2D eigenvalue weighted by Gasteiger charge is -2.23. The van der Waals surface area contributed by atoms with Crippen LogP contribution in [0.3, 0.4) is 0 Å². The highest BCUT2D eigenvalue weighted by molar-refractivity contribution is 7.92. The molecule has 0 radical (unpaired) electrons. The van der Waals surface area contributed by atoms with E-state index in [-0.39, 0.29) is 21.2 Å². The molecule has 1 N–H and O–H groups in total. The minimum atomic E-state index is -4.02. The number of nitro groups is 1. The number of nitrogens with zero attached hydrogens (tertiary/aromatic N) is 3. The van der Waals surface area contributed by atoms with Crippen molar-refractivity contribution in [1.29, 1.82) is 0 Å². The molecule has 0 fully saturated rings. The number of hydrogen-bond donors (Lipinski definition) is 1. The van der Waals surface area contributed by atoms with Gasteiger partial charge in [0.15, 0.2) is 0 Å². The smallest absolute Gasteiger partial charge is 0.270 e. The third kappa shape index (κ3) is 5.48. The lowest BCUT2D eigenvalue weighted by atomic mass is 10.2. The third-order valence-corrected chi connectivity index (χ3v) is 6.38. The maximum absolute atomic E-state index is 13.1. The zero-order valence-electron chi connectivity index (χ0n) is 16.5. The zero-order valence-corrected chi connectivity index (χ0v) is 18.0. The van der Waals surface area contributed by atoms with Crippen LogP contribution in [-0.4, -0.2) is 32.0 Å². The molecule has 0 atom stereocenters. The van der Waals surface area contributed by atoms with Crippen LogP contribution in [0.1, 0.15) is 5.56 Å². The molecular formula is C21H17ClN4O5S. The van der Waals surface area contributed by atoms with Gasteiger partial charge in [0.1, 0.15) is 6.54 Å². The van der Waals surface area contributed by atoms with Gasteiger partial charge in [-0.05, 0) is 30.3 Å². The Bertz CT molecular complexity index is 1250. The van der Waals surface area contributed by atoms with E-state index in [2.05, 4.69) is 10.5 Å². The molecule has 0 saturated heterocycles. The Morgan fingerprint density at radius 1 is 1.06 bits per heavy atom. The molecule has 0 unspecified atom stereocenters. The third-order valence-electron chi connectivity index (χ3n) is 4.25. The number of rotatable bonds is 8. The Morgan fingerprint density at radius 3 is 2.31 bits per heavy atom. The fourth-order valence-electron chi connectivity index (χ4n) is 2.71. The number of halogens is 1. The Hall–Kier alpha value is -3.76. The molecule has 3 rings (SSSR count). The highest BCUT2D eigenvalue weighted by Crippen LogP contribution is 2.23. The Morgan fingerprint density at radius 2 is 1.69 bits per heavy atom. The van der Waals surface area contributed by atoms with Crippen LogP contribution in [0, 0.1) is 10.1 Å². The molecule has 11 heteroatoms. The SMILES string of the molecule is O=C(CN(c1ccccc1)S(=O)(=O)c1ccccc1)N/N=C\c1cc([N+](=O)[O-])ccc1Cl. The van der Waals surface area contributed by atoms with E-state index in [9.17, 15) is 23.3 Å². The molecule has 0 spiro atoms. The van der Waals surface area contributed by atoms with Crippen molar-refractivity contribution in [3.8, 4) is 0 Å². The van der Waals surface area contributed by atoms with E-state index in [0.29, 0.717) is 5.69 Å². The van der Waals surface area contributed by atoms with Gasteiger partial charge in [0.25, 0.3) is 21.6 Å². The highest BCUT2D eigenvalue weighted by atomic mass is 35.5. The van der Waals surface area contributed by atoms with Crippen LogP contribution in [0.5, 0.6) is 0 Å². The summed E-state index contributed by atoms with van der Waals surface area (Å²) in [4.78, 5) is 22.8. The van der Waals surface area contributed by atoms with Gasteiger partial charge in [-0.15, -0.1) is 0 Å². The normalized spacial score (nSPS) is 11.3. The molecule has 0 aromatic heterocycles. The van der Waals surface area contributed by atoms with Gasteiger partial charge in [-0.1, -0.05) is 48.0 Å². The average Bonchev–Trinajstić information content (AvgIpc) is 2.79. The molecule has 0 aliphatic rings. The van der Waals surface area contributed by atoms with E-state index in [1.54, 1.807) is 48.5 Å². The van der Waals surface area contributed by atoms with Gasteiger partial charge in [-0.2, -0.15) is 5.10 Å². The summed E-state index contributed by atoms with van der Waals surface area (Å²) in [5, 5.41) is 14.9. The number of para-hydroxylation sites is 1. The molecule has 0 aliphatic heterocycles. The van der Waals surface area contributed by atoms with Crippen molar-refractivity contribution in [2.45, 2.75) is 4.90 Å². The number of sulfonamides is 1. The van der Waals surface area contributed by atoms with E-state index in [1.807, 2.05) is 0 Å². The summed E-state index contributed by atoms with van der Waals surface area (Å²) in [5.74, 6) is -0.717. The first kappa shape index (κ1) is 22.9. The van der Waals surface area contributed by atoms with Crippen LogP contribution in [0.4, 0.5) is 11.4 Å². The molecule has 164 valence electrons. The van der Waals surface area contributed by atoms with E-state index in [4.69, 9.17) is 11.6 Å². The second kappa shape index (κ2) is 10.0. The van der Waals surface area contributed by atoms with Crippen molar-refractivity contribution in [3.63, 3.8) is 0 Å². The lowest BCUT2D eigenvalue weighted by molar-refractivity contribution is -0.384. The van der Waals surface area contributed by atoms with Gasteiger partial charge in [0, 0.05) is 22.7 Å². The minimum Gasteiger partial charge on any atom is -0.271 e. The predicted octanol–water partition coefficient (Wildman–Crippen LogP) is 3.59. The van der Waals surface area contributed by atoms with Crippen LogP contribution in [0.2, 0.25) is 5.02 Å². The number of hydrogen-bond acceptors (Lipinski definition) is 6. The molecule has 0 bridgehead atoms. The average molecular weight is 473 g/mol. The second-order valence-electron chi connectivity index (χ2n) is 6.42. The standard InChI is InChI=1S/C21H17ClN4O5S/c22-20-12-11-18(26(28)29)13-16(20)14-23-24-21(27)15-25(17-7-3-1-4-8-17)32(30,31)19-9-5-2-6-10-19/h1-14H,15H2,(H,24,27)/b23-14-. The highest BCUT2D eigenvalue weighted by Gasteiger charge is 2.26. The number of benzene rings is 3. The summed E-state index contributed by atoms with van der Waals surface area (Å²) in [5.41, 5.74) is 2.56. The quantitative estimate of drug-likeness (QED) is 0.305. The van der Waals surface area contributed by atoms with E-state index in [0.717, 1.165) is 10.5 Å². The number of nitro benzene ring substituents is 1. The molecule has 0 saturated carbocycles. The second-order valence-corrected chi connectivity index (χ2v) is 8.69. The van der Waals surface area contributed by atoms with Crippen molar-refractivity contribution in [2.75, 3.05) is 10.8 Å². The predicted molar refractivity (Wildman–Crippen MR) is 121 cm³/mol. The van der Waals surface area contributed by atoms with E-state index in [1.165, 1.54) is 30.3 Å². The number of non-ortho nitro benzene ring substituents is 1. The van der Waals surface area contributed by atoms with Crippen LogP contribution in [-0.2, 0) is 14.8 Å². The summed E-state index contributed by atoms with van der Waals surface area (Å²) in [7, 11) is -4.02. The molecule has 9 nitrogen and oxygen atoms in total. The zero-order chi connectivity index (χ0) is 23.1. The van der Waals surface area contributed by atoms with Crippen LogP contribution >= 0.6 is 11.6 Å². The summed E-state index contributed by atoms with van der Waals surface area (Å²) in [6, 6.07) is 19.7. The maximum atomic E-state index is 13.1. The Labute approximate surface area is 189 Å². The largest absolute Gasteiger partial charge is 0.271 e. The monoisotopic (exact) mass is 472 g/mol. The molecule has 3 aromatic rings. The minimum absolute atomic E-state index is 0.0310. The molecule has 0 aliphatic carbocycles. The summed E-state index contributed by atoms with van der Waals surface area (Å²) < 4.78 is 27.2. The lowest BCUT2D eigenvalue weighted by Crippen LogP contribution is -2.39. The number of hydrazone groups is 1. The number of amides is 1. The van der Waals surface area contributed by atoms with Crippen molar-refractivity contribution >= 4 is 45.1 Å². The molecule has 1 amide bonds. The van der Waals surface area contributed by atoms with Crippen LogP contribution in [0.15, 0.2) is 88.9 Å². The first-order chi connectivity index (χ1) is 15.3. The number of carbonyl (C=O) groups is 1. The van der Waals surface area contributed by atoms with Gasteiger partial charge in [0.05, 0.1) is 21.7 Å². The number of nitrogens with one attached hydrogen (secondary N) is 1. The van der Waals surface area contributed by atoms with Gasteiger partial charge in [-0.25, -0.2) is 13.8 Å². The van der Waals surface area contributed by atoms with Crippen molar-refractivity contribution in [2.24, 2.45) is 5.10 Å². The van der Waals surface area contributed by atoms with E-state index < -0.39 is 27.4 Å². The molecule has 0 heterocycles. The van der Waals surface area contributed by atoms with E-state index >= 15 is 0 Å². The Kier molecular flexibility index (Phi) is 7.18. The first-order valence-electron chi connectivity index (χ1n) is 9.18. The molecule has 32 heavy (non-hydrogen) atoms. The van der Waals surface area contributed by atoms with Gasteiger partial charge in [0.2, 0.25) is 0 Å². The Balaban J connectivity index is 1.80. The summed E-state index contributed by atoms with van der Waals surface area (Å²) >= 11 is 5.99. The van der Waals surface area contributed by atoms with Crippen molar-refractivity contribution in [3.05, 3.63) is 99.6 Å². The van der Waals surface area contributed by atoms with Crippen molar-refractivity contribution in [1.82, 2.24) is 5.43 Å². The van der Waals surface area contributed by atoms with Crippen LogP contribution in [0.25, 0.3) is 0 Å². The van der Waals surface area contributed by atoms with Crippen molar-refractivity contribution < 1.29 is 18.1 Å². The van der Waals surface area contributed by atoms with Gasteiger partial charge < -0.3 is 0 Å². The van der Waals surface area contributed by atoms with Gasteiger partial charge in [-0.3, -0.25) is 19.2 Å². The summed E-state index contributed by atoms with van der Waals surface area (Å²) in [6.07, 6.45) is 1.14. The maximum Gasteiger partial charge on any atom is 0.270 e. The fourth-order valence-corrected chi connectivity index (χ4v) is 4.32. The first-order valence-corrected chi connectivity index (χ1v) is 11.0. The molecular weight excluding hydrogens is 456 g/mol. The topological polar surface area (TPSA) is 122 Å². The number of anilines is 1. The molecule has 3 aromatic carbocycles. The van der Waals surface area contributed by atoms with Gasteiger partial charge >= 0.3 is 0 Å².